The van der Waals surface area contributed by atoms with Crippen LogP contribution in [0.1, 0.15) is 53.0 Å². The Balaban J connectivity index is 2.84. The number of unbranched alkanes of at least 4 members (excludes halogenated alkanes) is 1. The molecule has 0 bridgehead atoms. The summed E-state index contributed by atoms with van der Waals surface area (Å²) in [5, 5.41) is 0. The Bertz CT molecular complexity index is 474. The van der Waals surface area contributed by atoms with Crippen LogP contribution in [0.3, 0.4) is 0 Å². The fraction of sp³-hybridized carbons (Fsp3) is 0.611. The highest BCUT2D eigenvalue weighted by atomic mass is 16.6. The molecule has 22 heavy (non-hydrogen) atoms. The van der Waals surface area contributed by atoms with Crippen LogP contribution in [0, 0.1) is 0 Å². The van der Waals surface area contributed by atoms with Crippen molar-refractivity contribution in [3.63, 3.8) is 0 Å². The zero-order valence-corrected chi connectivity index (χ0v) is 14.4. The van der Waals surface area contributed by atoms with Crippen molar-refractivity contribution >= 4 is 5.97 Å². The minimum Gasteiger partial charge on any atom is -0.493 e. The second-order valence-electron chi connectivity index (χ2n) is 6.20. The summed E-state index contributed by atoms with van der Waals surface area (Å²) >= 11 is 0. The van der Waals surface area contributed by atoms with E-state index in [1.807, 2.05) is 18.2 Å². The summed E-state index contributed by atoms with van der Waals surface area (Å²) in [6.07, 6.45) is 2.10. The molecule has 0 unspecified atom stereocenters. The van der Waals surface area contributed by atoms with Gasteiger partial charge in [0, 0.05) is 6.07 Å². The minimum atomic E-state index is -0.365. The summed E-state index contributed by atoms with van der Waals surface area (Å²) in [6.45, 7) is 11.3. The molecular weight excluding hydrogens is 280 g/mol. The van der Waals surface area contributed by atoms with Gasteiger partial charge < -0.3 is 14.2 Å². The molecule has 0 saturated carbocycles. The Morgan fingerprint density at radius 3 is 2.45 bits per heavy atom. The van der Waals surface area contributed by atoms with E-state index in [0.717, 1.165) is 24.2 Å². The Morgan fingerprint density at radius 1 is 1.14 bits per heavy atom. The molecule has 0 aliphatic heterocycles. The van der Waals surface area contributed by atoms with Crippen LogP contribution in [0.15, 0.2) is 18.2 Å². The first-order valence-corrected chi connectivity index (χ1v) is 7.94. The highest BCUT2D eigenvalue weighted by molar-refractivity contribution is 5.71. The summed E-state index contributed by atoms with van der Waals surface area (Å²) in [7, 11) is 0. The molecule has 0 N–H and O–H groups in total. The molecule has 0 aromatic heterocycles. The van der Waals surface area contributed by atoms with Gasteiger partial charge in [-0.25, -0.2) is 4.79 Å². The van der Waals surface area contributed by atoms with Crippen molar-refractivity contribution < 1.29 is 19.0 Å². The summed E-state index contributed by atoms with van der Waals surface area (Å²) in [4.78, 5) is 11.4. The number of esters is 1. The number of carbonyl (C=O) groups is 1. The van der Waals surface area contributed by atoms with Crippen LogP contribution >= 0.6 is 0 Å². The fourth-order valence-corrected chi connectivity index (χ4v) is 2.00. The van der Waals surface area contributed by atoms with Crippen LogP contribution in [0.2, 0.25) is 0 Å². The monoisotopic (exact) mass is 308 g/mol. The third-order valence-corrected chi connectivity index (χ3v) is 3.18. The second kappa shape index (κ2) is 8.66. The van der Waals surface area contributed by atoms with Crippen LogP contribution in [0.25, 0.3) is 0 Å². The molecule has 4 heteroatoms. The summed E-state index contributed by atoms with van der Waals surface area (Å²) in [5.41, 5.74) is 1.12. The van der Waals surface area contributed by atoms with Crippen molar-refractivity contribution in [1.82, 2.24) is 0 Å². The van der Waals surface area contributed by atoms with E-state index in [4.69, 9.17) is 14.2 Å². The van der Waals surface area contributed by atoms with Crippen LogP contribution in [0.5, 0.6) is 11.5 Å². The molecule has 0 heterocycles. The van der Waals surface area contributed by atoms with E-state index in [1.54, 1.807) is 6.92 Å². The van der Waals surface area contributed by atoms with Gasteiger partial charge in [0.05, 0.1) is 13.2 Å². The highest BCUT2D eigenvalue weighted by Gasteiger charge is 2.20. The third kappa shape index (κ3) is 5.96. The second-order valence-corrected chi connectivity index (χ2v) is 6.20. The number of ether oxygens (including phenoxy) is 3. The molecule has 1 aromatic rings. The fourth-order valence-electron chi connectivity index (χ4n) is 2.00. The van der Waals surface area contributed by atoms with Gasteiger partial charge in [0.25, 0.3) is 0 Å². The largest absolute Gasteiger partial charge is 0.493 e. The van der Waals surface area contributed by atoms with E-state index in [9.17, 15) is 4.79 Å². The zero-order valence-electron chi connectivity index (χ0n) is 14.4. The van der Waals surface area contributed by atoms with Gasteiger partial charge in [0.2, 0.25) is 0 Å². The molecule has 1 rings (SSSR count). The van der Waals surface area contributed by atoms with Crippen molar-refractivity contribution in [3.05, 3.63) is 23.8 Å². The van der Waals surface area contributed by atoms with Gasteiger partial charge in [-0.1, -0.05) is 40.2 Å². The first-order chi connectivity index (χ1) is 10.4. The molecule has 4 nitrogen and oxygen atoms in total. The van der Waals surface area contributed by atoms with Crippen molar-refractivity contribution in [1.29, 1.82) is 0 Å². The molecule has 0 spiro atoms. The topological polar surface area (TPSA) is 44.8 Å². The smallest absolute Gasteiger partial charge is 0.344 e. The summed E-state index contributed by atoms with van der Waals surface area (Å²) in [6, 6.07) is 5.73. The predicted molar refractivity (Wildman–Crippen MR) is 87.7 cm³/mol. The normalized spacial score (nSPS) is 11.1. The Hall–Kier alpha value is -1.71. The lowest BCUT2D eigenvalue weighted by atomic mass is 9.86. The molecule has 1 aromatic carbocycles. The molecule has 124 valence electrons. The van der Waals surface area contributed by atoms with E-state index in [2.05, 4.69) is 27.7 Å². The lowest BCUT2D eigenvalue weighted by Crippen LogP contribution is -2.16. The lowest BCUT2D eigenvalue weighted by molar-refractivity contribution is -0.145. The summed E-state index contributed by atoms with van der Waals surface area (Å²) in [5.74, 6) is 1.07. The molecule has 0 fully saturated rings. The van der Waals surface area contributed by atoms with Gasteiger partial charge in [-0.3, -0.25) is 0 Å². The van der Waals surface area contributed by atoms with Gasteiger partial charge in [-0.2, -0.15) is 0 Å². The Morgan fingerprint density at radius 2 is 1.86 bits per heavy atom. The van der Waals surface area contributed by atoms with Crippen LogP contribution in [0.4, 0.5) is 0 Å². The number of hydrogen-bond donors (Lipinski definition) is 0. The van der Waals surface area contributed by atoms with E-state index in [-0.39, 0.29) is 18.0 Å². The van der Waals surface area contributed by atoms with Crippen LogP contribution < -0.4 is 9.47 Å². The van der Waals surface area contributed by atoms with Crippen molar-refractivity contribution in [2.75, 3.05) is 19.8 Å². The van der Waals surface area contributed by atoms with E-state index in [1.165, 1.54) is 0 Å². The molecule has 0 saturated heterocycles. The van der Waals surface area contributed by atoms with Crippen molar-refractivity contribution in [3.8, 4) is 11.5 Å². The molecule has 0 radical (unpaired) electrons. The summed E-state index contributed by atoms with van der Waals surface area (Å²) < 4.78 is 16.2. The van der Waals surface area contributed by atoms with E-state index in [0.29, 0.717) is 19.0 Å². The molecule has 0 amide bonds. The number of hydrogen-bond acceptors (Lipinski definition) is 4. The molecular formula is C18H28O4. The third-order valence-electron chi connectivity index (χ3n) is 3.18. The number of benzene rings is 1. The minimum absolute atomic E-state index is 0.0127. The van der Waals surface area contributed by atoms with Crippen LogP contribution in [-0.4, -0.2) is 25.8 Å². The predicted octanol–water partition coefficient (Wildman–Crippen LogP) is 4.10. The number of carbonyl (C=O) groups excluding carboxylic acids is 1. The standard InChI is InChI=1S/C18H28O4/c1-6-8-11-21-16-12-14(22-13-17(19)20-7-2)9-10-15(16)18(3,4)5/h9-10,12H,6-8,11,13H2,1-5H3. The maximum absolute atomic E-state index is 11.4. The van der Waals surface area contributed by atoms with Gasteiger partial charge >= 0.3 is 5.97 Å². The molecule has 0 atom stereocenters. The Labute approximate surface area is 133 Å². The first-order valence-electron chi connectivity index (χ1n) is 7.94. The highest BCUT2D eigenvalue weighted by Crippen LogP contribution is 2.34. The quantitative estimate of drug-likeness (QED) is 0.535. The van der Waals surface area contributed by atoms with Gasteiger partial charge in [0.15, 0.2) is 6.61 Å². The maximum Gasteiger partial charge on any atom is 0.344 e. The SMILES string of the molecule is CCCCOc1cc(OCC(=O)OCC)ccc1C(C)(C)C. The van der Waals surface area contributed by atoms with Crippen molar-refractivity contribution in [2.45, 2.75) is 52.9 Å². The van der Waals surface area contributed by atoms with Gasteiger partial charge in [0.1, 0.15) is 11.5 Å². The maximum atomic E-state index is 11.4. The first kappa shape index (κ1) is 18.3. The van der Waals surface area contributed by atoms with E-state index < -0.39 is 0 Å². The van der Waals surface area contributed by atoms with Crippen LogP contribution in [-0.2, 0) is 14.9 Å². The lowest BCUT2D eigenvalue weighted by Gasteiger charge is -2.23. The van der Waals surface area contributed by atoms with Gasteiger partial charge in [-0.15, -0.1) is 0 Å². The molecule has 0 aliphatic carbocycles. The average molecular weight is 308 g/mol. The van der Waals surface area contributed by atoms with Gasteiger partial charge in [-0.05, 0) is 30.4 Å². The molecule has 0 aliphatic rings. The van der Waals surface area contributed by atoms with E-state index >= 15 is 0 Å². The van der Waals surface area contributed by atoms with Crippen molar-refractivity contribution in [2.24, 2.45) is 0 Å². The number of rotatable bonds is 8. The Kier molecular flexibility index (Phi) is 7.22. The average Bonchev–Trinajstić information content (AvgIpc) is 2.45. The zero-order chi connectivity index (χ0) is 16.6.